The van der Waals surface area contributed by atoms with E-state index in [2.05, 4.69) is 0 Å². The minimum Gasteiger partial charge on any atom is -0.478 e. The van der Waals surface area contributed by atoms with Crippen molar-refractivity contribution >= 4 is 23.5 Å². The quantitative estimate of drug-likeness (QED) is 0.564. The van der Waals surface area contributed by atoms with Crippen LogP contribution in [0.25, 0.3) is 11.3 Å². The maximum atomic E-state index is 13.0. The Morgan fingerprint density at radius 3 is 2.48 bits per heavy atom. The molecular weight excluding hydrogens is 412 g/mol. The molecule has 0 bridgehead atoms. The fraction of sp³-hybridized carbons (Fsp3) is 0.240. The van der Waals surface area contributed by atoms with Crippen molar-refractivity contribution < 1.29 is 14.7 Å². The number of likely N-dealkylation sites (tertiary alicyclic amines) is 1. The Morgan fingerprint density at radius 1 is 1.03 bits per heavy atom. The van der Waals surface area contributed by atoms with Crippen molar-refractivity contribution in [3.05, 3.63) is 88.6 Å². The van der Waals surface area contributed by atoms with Gasteiger partial charge in [-0.1, -0.05) is 54.1 Å². The first-order valence-electron chi connectivity index (χ1n) is 10.4. The molecule has 0 aliphatic carbocycles. The highest BCUT2D eigenvalue weighted by molar-refractivity contribution is 6.30. The number of carbonyl (C=O) groups excluding carboxylic acids is 1. The number of benzene rings is 2. The molecule has 1 unspecified atom stereocenters. The molecule has 1 aromatic heterocycles. The van der Waals surface area contributed by atoms with E-state index in [0.717, 1.165) is 24.1 Å². The molecular formula is C25H23ClN2O3. The molecule has 158 valence electrons. The predicted octanol–water partition coefficient (Wildman–Crippen LogP) is 5.40. The van der Waals surface area contributed by atoms with E-state index < -0.39 is 5.97 Å². The van der Waals surface area contributed by atoms with Gasteiger partial charge < -0.3 is 10.0 Å². The van der Waals surface area contributed by atoms with E-state index in [0.29, 0.717) is 35.7 Å². The van der Waals surface area contributed by atoms with Crippen molar-refractivity contribution in [3.63, 3.8) is 0 Å². The van der Waals surface area contributed by atoms with Gasteiger partial charge in [0.05, 0.1) is 23.0 Å². The minimum atomic E-state index is -1.04. The number of aromatic nitrogens is 1. The second kappa shape index (κ2) is 9.31. The number of rotatable bonds is 6. The van der Waals surface area contributed by atoms with Crippen LogP contribution in [0, 0.1) is 0 Å². The standard InChI is InChI=1S/C25H23ClN2O3/c26-19-11-9-18(10-12-19)24-20(25(30)31)13-14-21(27-24)22-7-4-16-28(22)23(29)15-8-17-5-2-1-3-6-17/h1-3,5-6,9-14,22H,4,7-8,15-16H2,(H,30,31). The predicted molar refractivity (Wildman–Crippen MR) is 120 cm³/mol. The third kappa shape index (κ3) is 4.78. The number of hydrogen-bond acceptors (Lipinski definition) is 3. The summed E-state index contributed by atoms with van der Waals surface area (Å²) in [7, 11) is 0. The monoisotopic (exact) mass is 434 g/mol. The van der Waals surface area contributed by atoms with Crippen LogP contribution in [0.3, 0.4) is 0 Å². The smallest absolute Gasteiger partial charge is 0.337 e. The van der Waals surface area contributed by atoms with Gasteiger partial charge >= 0.3 is 5.97 Å². The Balaban J connectivity index is 1.59. The second-order valence-corrected chi connectivity index (χ2v) is 8.11. The molecule has 4 rings (SSSR count). The van der Waals surface area contributed by atoms with Crippen molar-refractivity contribution in [2.75, 3.05) is 6.54 Å². The number of carboxylic acids is 1. The van der Waals surface area contributed by atoms with Gasteiger partial charge in [-0.05, 0) is 49.1 Å². The summed E-state index contributed by atoms with van der Waals surface area (Å²) in [6, 6.07) is 20.1. The Bertz CT molecular complexity index is 1080. The molecule has 1 N–H and O–H groups in total. The summed E-state index contributed by atoms with van der Waals surface area (Å²) in [5.41, 5.74) is 3.07. The van der Waals surface area contributed by atoms with Crippen LogP contribution < -0.4 is 0 Å². The molecule has 5 nitrogen and oxygen atoms in total. The van der Waals surface area contributed by atoms with Crippen molar-refractivity contribution in [2.45, 2.75) is 31.7 Å². The zero-order valence-electron chi connectivity index (χ0n) is 17.0. The van der Waals surface area contributed by atoms with Gasteiger partial charge in [-0.2, -0.15) is 0 Å². The highest BCUT2D eigenvalue weighted by Crippen LogP contribution is 2.34. The minimum absolute atomic E-state index is 0.100. The largest absolute Gasteiger partial charge is 0.478 e. The molecule has 0 radical (unpaired) electrons. The molecule has 2 aromatic carbocycles. The molecule has 1 atom stereocenters. The molecule has 1 fully saturated rings. The normalized spacial score (nSPS) is 15.8. The lowest BCUT2D eigenvalue weighted by Gasteiger charge is -2.25. The first-order chi connectivity index (χ1) is 15.0. The van der Waals surface area contributed by atoms with Crippen LogP contribution in [0.15, 0.2) is 66.7 Å². The zero-order chi connectivity index (χ0) is 21.8. The number of carbonyl (C=O) groups is 2. The molecule has 6 heteroatoms. The number of aryl methyl sites for hydroxylation is 1. The molecule has 31 heavy (non-hydrogen) atoms. The van der Waals surface area contributed by atoms with Crippen LogP contribution in [-0.2, 0) is 11.2 Å². The lowest BCUT2D eigenvalue weighted by molar-refractivity contribution is -0.132. The fourth-order valence-electron chi connectivity index (χ4n) is 4.07. The Kier molecular flexibility index (Phi) is 6.33. The summed E-state index contributed by atoms with van der Waals surface area (Å²) >= 11 is 5.98. The SMILES string of the molecule is O=C(O)c1ccc(C2CCCN2C(=O)CCc2ccccc2)nc1-c1ccc(Cl)cc1. The maximum Gasteiger partial charge on any atom is 0.337 e. The van der Waals surface area contributed by atoms with E-state index in [1.807, 2.05) is 35.2 Å². The average molecular weight is 435 g/mol. The first-order valence-corrected chi connectivity index (χ1v) is 10.7. The van der Waals surface area contributed by atoms with Crippen molar-refractivity contribution in [1.29, 1.82) is 0 Å². The van der Waals surface area contributed by atoms with Crippen LogP contribution in [0.5, 0.6) is 0 Å². The third-order valence-electron chi connectivity index (χ3n) is 5.65. The van der Waals surface area contributed by atoms with E-state index in [9.17, 15) is 14.7 Å². The van der Waals surface area contributed by atoms with Crippen LogP contribution >= 0.6 is 11.6 Å². The van der Waals surface area contributed by atoms with Gasteiger partial charge in [-0.25, -0.2) is 9.78 Å². The van der Waals surface area contributed by atoms with Gasteiger partial charge in [0.25, 0.3) is 0 Å². The van der Waals surface area contributed by atoms with Crippen LogP contribution in [0.1, 0.15) is 46.9 Å². The molecule has 0 saturated carbocycles. The summed E-state index contributed by atoms with van der Waals surface area (Å²) in [6.07, 6.45) is 2.86. The van der Waals surface area contributed by atoms with E-state index >= 15 is 0 Å². The number of amides is 1. The van der Waals surface area contributed by atoms with E-state index in [1.54, 1.807) is 36.4 Å². The Labute approximate surface area is 186 Å². The van der Waals surface area contributed by atoms with Gasteiger partial charge in [0.15, 0.2) is 0 Å². The van der Waals surface area contributed by atoms with Gasteiger partial charge in [0.2, 0.25) is 5.91 Å². The topological polar surface area (TPSA) is 70.5 Å². The van der Waals surface area contributed by atoms with Crippen LogP contribution in [0.4, 0.5) is 0 Å². The lowest BCUT2D eigenvalue weighted by atomic mass is 10.0. The summed E-state index contributed by atoms with van der Waals surface area (Å²) < 4.78 is 0. The number of halogens is 1. The van der Waals surface area contributed by atoms with Crippen LogP contribution in [-0.4, -0.2) is 33.4 Å². The Hall–Kier alpha value is -3.18. The van der Waals surface area contributed by atoms with Gasteiger partial charge in [-0.15, -0.1) is 0 Å². The highest BCUT2D eigenvalue weighted by Gasteiger charge is 2.31. The number of carboxylic acid groups (broad SMARTS) is 1. The van der Waals surface area contributed by atoms with Gasteiger partial charge in [-0.3, -0.25) is 4.79 Å². The maximum absolute atomic E-state index is 13.0. The number of nitrogens with zero attached hydrogens (tertiary/aromatic N) is 2. The molecule has 1 aliphatic rings. The molecule has 0 spiro atoms. The molecule has 3 aromatic rings. The molecule has 2 heterocycles. The lowest BCUT2D eigenvalue weighted by Crippen LogP contribution is -2.31. The van der Waals surface area contributed by atoms with E-state index in [-0.39, 0.29) is 17.5 Å². The summed E-state index contributed by atoms with van der Waals surface area (Å²) in [6.45, 7) is 0.691. The first kappa shape index (κ1) is 21.1. The van der Waals surface area contributed by atoms with Gasteiger partial charge in [0, 0.05) is 23.6 Å². The highest BCUT2D eigenvalue weighted by atomic mass is 35.5. The summed E-state index contributed by atoms with van der Waals surface area (Å²) in [4.78, 5) is 31.3. The van der Waals surface area contributed by atoms with Crippen molar-refractivity contribution in [2.24, 2.45) is 0 Å². The zero-order valence-corrected chi connectivity index (χ0v) is 17.8. The fourth-order valence-corrected chi connectivity index (χ4v) is 4.20. The number of aromatic carboxylic acids is 1. The average Bonchev–Trinajstić information content (AvgIpc) is 3.28. The molecule has 1 saturated heterocycles. The Morgan fingerprint density at radius 2 is 1.77 bits per heavy atom. The number of hydrogen-bond donors (Lipinski definition) is 1. The summed E-state index contributed by atoms with van der Waals surface area (Å²) in [5.74, 6) is -0.935. The third-order valence-corrected chi connectivity index (χ3v) is 5.90. The van der Waals surface area contributed by atoms with E-state index in [1.165, 1.54) is 0 Å². The summed E-state index contributed by atoms with van der Waals surface area (Å²) in [5, 5.41) is 10.2. The second-order valence-electron chi connectivity index (χ2n) is 7.68. The molecule has 1 amide bonds. The van der Waals surface area contributed by atoms with Gasteiger partial charge in [0.1, 0.15) is 0 Å². The molecule has 1 aliphatic heterocycles. The number of pyridine rings is 1. The van der Waals surface area contributed by atoms with E-state index in [4.69, 9.17) is 16.6 Å². The van der Waals surface area contributed by atoms with Crippen molar-refractivity contribution in [1.82, 2.24) is 9.88 Å². The van der Waals surface area contributed by atoms with Crippen LogP contribution in [0.2, 0.25) is 5.02 Å². The van der Waals surface area contributed by atoms with Crippen molar-refractivity contribution in [3.8, 4) is 11.3 Å².